The largest absolute Gasteiger partial charge is 1.00 e. The molecule has 0 saturated heterocycles. The van der Waals surface area contributed by atoms with Crippen LogP contribution in [0.5, 0.6) is 0 Å². The van der Waals surface area contributed by atoms with Crippen molar-refractivity contribution in [2.24, 2.45) is 0 Å². The summed E-state index contributed by atoms with van der Waals surface area (Å²) >= 11 is 14.5. The molecule has 6 heteroatoms. The van der Waals surface area contributed by atoms with Crippen LogP contribution in [0.25, 0.3) is 0 Å². The summed E-state index contributed by atoms with van der Waals surface area (Å²) in [7, 11) is 0. The molecule has 0 saturated carbocycles. The number of quaternary nitrogens is 1. The normalized spacial score (nSPS) is 19.5. The van der Waals surface area contributed by atoms with Crippen LogP contribution in [0, 0.1) is 0 Å². The Kier molecular flexibility index (Phi) is 8.63. The zero-order chi connectivity index (χ0) is 11.6. The van der Waals surface area contributed by atoms with Crippen LogP contribution in [0.3, 0.4) is 0 Å². The van der Waals surface area contributed by atoms with Crippen molar-refractivity contribution in [1.29, 1.82) is 0 Å². The maximum absolute atomic E-state index is 3.63. The third-order valence-corrected chi connectivity index (χ3v) is 5.50. The first-order valence-electron chi connectivity index (χ1n) is 5.09. The maximum atomic E-state index is 3.63. The Bertz CT molecular complexity index is 236. The number of hydrogen-bond donors (Lipinski definition) is 0. The Labute approximate surface area is 142 Å². The number of likely N-dealkylation sites (N-methyl/N-ethyl adjacent to an activating group) is 1. The van der Waals surface area contributed by atoms with Gasteiger partial charge in [0.1, 0.15) is 13.1 Å². The first-order valence-corrected chi connectivity index (χ1v) is 8.75. The standard InChI is InChI=1S/C10H16Br4N.BrH/c1-3-15(4-2)5-7(9(11)12)8(6-15)10(13)14;/h9-10H,3-6H2,1-2H3;1H/q+1;/p-1. The lowest BCUT2D eigenvalue weighted by molar-refractivity contribution is -0.910. The highest BCUT2D eigenvalue weighted by Gasteiger charge is 2.38. The highest BCUT2D eigenvalue weighted by atomic mass is 79.9. The lowest BCUT2D eigenvalue weighted by Gasteiger charge is -2.33. The fourth-order valence-electron chi connectivity index (χ4n) is 2.07. The summed E-state index contributed by atoms with van der Waals surface area (Å²) in [4.78, 5) is 0. The summed E-state index contributed by atoms with van der Waals surface area (Å²) in [5.41, 5.74) is 2.97. The molecular weight excluding hydrogens is 534 g/mol. The second kappa shape index (κ2) is 7.63. The Balaban J connectivity index is 0.00000225. The molecule has 0 fully saturated rings. The second-order valence-corrected chi connectivity index (χ2v) is 10.1. The van der Waals surface area contributed by atoms with E-state index in [4.69, 9.17) is 0 Å². The van der Waals surface area contributed by atoms with E-state index in [0.717, 1.165) is 13.1 Å². The molecule has 0 aromatic carbocycles. The van der Waals surface area contributed by atoms with Gasteiger partial charge in [0, 0.05) is 11.1 Å². The van der Waals surface area contributed by atoms with E-state index < -0.39 is 0 Å². The lowest BCUT2D eigenvalue weighted by Crippen LogP contribution is -3.00. The van der Waals surface area contributed by atoms with Gasteiger partial charge in [-0.05, 0) is 13.8 Å². The van der Waals surface area contributed by atoms with Crippen LogP contribution < -0.4 is 17.0 Å². The van der Waals surface area contributed by atoms with Gasteiger partial charge < -0.3 is 21.5 Å². The van der Waals surface area contributed by atoms with Gasteiger partial charge >= 0.3 is 0 Å². The molecule has 16 heavy (non-hydrogen) atoms. The van der Waals surface area contributed by atoms with E-state index in [1.807, 2.05) is 0 Å². The summed E-state index contributed by atoms with van der Waals surface area (Å²) in [6.45, 7) is 9.25. The van der Waals surface area contributed by atoms with Crippen molar-refractivity contribution in [2.75, 3.05) is 26.2 Å². The molecule has 1 aliphatic rings. The van der Waals surface area contributed by atoms with E-state index in [1.165, 1.54) is 28.7 Å². The fourth-order valence-corrected chi connectivity index (χ4v) is 3.83. The smallest absolute Gasteiger partial charge is 0.103 e. The molecule has 0 N–H and O–H groups in total. The van der Waals surface area contributed by atoms with Gasteiger partial charge in [-0.25, -0.2) is 0 Å². The van der Waals surface area contributed by atoms with Crippen molar-refractivity contribution < 1.29 is 21.5 Å². The van der Waals surface area contributed by atoms with Crippen molar-refractivity contribution >= 4 is 63.7 Å². The zero-order valence-corrected chi connectivity index (χ0v) is 17.3. The first kappa shape index (κ1) is 18.1. The SMILES string of the molecule is CC[N+]1(CC)CC(C(Br)Br)=C(C(Br)Br)C1.[Br-]. The fraction of sp³-hybridized carbons (Fsp3) is 0.800. The third-order valence-electron chi connectivity index (χ3n) is 3.29. The van der Waals surface area contributed by atoms with Gasteiger partial charge in [-0.3, -0.25) is 0 Å². The van der Waals surface area contributed by atoms with Crippen LogP contribution in [-0.4, -0.2) is 38.1 Å². The van der Waals surface area contributed by atoms with E-state index in [-0.39, 0.29) is 17.0 Å². The molecule has 1 heterocycles. The number of halogens is 5. The molecule has 0 aromatic rings. The van der Waals surface area contributed by atoms with E-state index in [0.29, 0.717) is 7.47 Å². The van der Waals surface area contributed by atoms with Crippen molar-refractivity contribution in [3.63, 3.8) is 0 Å². The van der Waals surface area contributed by atoms with Crippen LogP contribution in [0.2, 0.25) is 0 Å². The molecule has 0 spiro atoms. The van der Waals surface area contributed by atoms with Crippen molar-refractivity contribution in [3.05, 3.63) is 11.1 Å². The van der Waals surface area contributed by atoms with E-state index in [9.17, 15) is 0 Å². The third kappa shape index (κ3) is 4.05. The molecule has 1 nitrogen and oxygen atoms in total. The molecule has 0 aromatic heterocycles. The van der Waals surface area contributed by atoms with Gasteiger partial charge in [-0.1, -0.05) is 63.7 Å². The number of nitrogens with zero attached hydrogens (tertiary/aromatic N) is 1. The summed E-state index contributed by atoms with van der Waals surface area (Å²) in [6.07, 6.45) is 0. The monoisotopic (exact) mass is 545 g/mol. The van der Waals surface area contributed by atoms with Crippen molar-refractivity contribution in [2.45, 2.75) is 21.3 Å². The highest BCUT2D eigenvalue weighted by molar-refractivity contribution is 9.25. The van der Waals surface area contributed by atoms with E-state index >= 15 is 0 Å². The van der Waals surface area contributed by atoms with E-state index in [1.54, 1.807) is 0 Å². The molecule has 1 rings (SSSR count). The lowest BCUT2D eigenvalue weighted by atomic mass is 10.2. The molecule has 1 aliphatic heterocycles. The van der Waals surface area contributed by atoms with Gasteiger partial charge in [0.15, 0.2) is 0 Å². The Morgan fingerprint density at radius 1 is 0.938 bits per heavy atom. The number of hydrogen-bond acceptors (Lipinski definition) is 0. The molecule has 0 aliphatic carbocycles. The predicted molar refractivity (Wildman–Crippen MR) is 81.4 cm³/mol. The van der Waals surface area contributed by atoms with Crippen molar-refractivity contribution in [1.82, 2.24) is 0 Å². The van der Waals surface area contributed by atoms with Gasteiger partial charge in [-0.15, -0.1) is 0 Å². The summed E-state index contributed by atoms with van der Waals surface area (Å²) < 4.78 is 1.78. The minimum Gasteiger partial charge on any atom is -1.00 e. The summed E-state index contributed by atoms with van der Waals surface area (Å²) in [5.74, 6) is 0. The van der Waals surface area contributed by atoms with Crippen LogP contribution >= 0.6 is 63.7 Å². The van der Waals surface area contributed by atoms with Gasteiger partial charge in [-0.2, -0.15) is 0 Å². The van der Waals surface area contributed by atoms with Crippen molar-refractivity contribution in [3.8, 4) is 0 Å². The van der Waals surface area contributed by atoms with Gasteiger partial charge in [0.2, 0.25) is 0 Å². The molecule has 0 atom stereocenters. The van der Waals surface area contributed by atoms with Gasteiger partial charge in [0.25, 0.3) is 0 Å². The Hall–Kier alpha value is 2.10. The minimum atomic E-state index is 0. The molecule has 0 bridgehead atoms. The predicted octanol–water partition coefficient (Wildman–Crippen LogP) is 1.39. The number of alkyl halides is 4. The first-order chi connectivity index (χ1) is 6.95. The Morgan fingerprint density at radius 3 is 1.44 bits per heavy atom. The average Bonchev–Trinajstić information content (AvgIpc) is 2.58. The average molecular weight is 550 g/mol. The molecule has 0 radical (unpaired) electrons. The second-order valence-electron chi connectivity index (χ2n) is 3.94. The molecular formula is C10H16Br5N. The zero-order valence-electron chi connectivity index (χ0n) is 9.32. The van der Waals surface area contributed by atoms with Crippen LogP contribution in [-0.2, 0) is 0 Å². The van der Waals surface area contributed by atoms with Gasteiger partial charge in [0.05, 0.1) is 20.6 Å². The van der Waals surface area contributed by atoms with Crippen LogP contribution in [0.1, 0.15) is 13.8 Å². The maximum Gasteiger partial charge on any atom is 0.103 e. The quantitative estimate of drug-likeness (QED) is 0.283. The molecule has 0 amide bonds. The highest BCUT2D eigenvalue weighted by Crippen LogP contribution is 2.37. The number of rotatable bonds is 4. The Morgan fingerprint density at radius 2 is 1.25 bits per heavy atom. The topological polar surface area (TPSA) is 0 Å². The summed E-state index contributed by atoms with van der Waals surface area (Å²) in [6, 6.07) is 0. The minimum absolute atomic E-state index is 0. The molecule has 96 valence electrons. The molecule has 0 unspecified atom stereocenters. The van der Waals surface area contributed by atoms with E-state index in [2.05, 4.69) is 77.6 Å². The summed E-state index contributed by atoms with van der Waals surface area (Å²) in [5, 5.41) is 0. The van der Waals surface area contributed by atoms with Crippen LogP contribution in [0.15, 0.2) is 11.1 Å². The van der Waals surface area contributed by atoms with Crippen LogP contribution in [0.4, 0.5) is 0 Å².